The minimum absolute atomic E-state index is 0.0000858. The Kier molecular flexibility index (Phi) is 5.61. The second-order valence-electron chi connectivity index (χ2n) is 8.37. The van der Waals surface area contributed by atoms with Gasteiger partial charge in [-0.1, -0.05) is 23.2 Å². The number of nitrogens with one attached hydrogen (secondary N) is 1. The lowest BCUT2D eigenvalue weighted by atomic mass is 9.88. The summed E-state index contributed by atoms with van der Waals surface area (Å²) >= 11 is 12.1. The Morgan fingerprint density at radius 1 is 0.938 bits per heavy atom. The molecule has 2 aliphatic rings. The SMILES string of the molecule is O=C(C=Cc1cc(Cl)cc(Cl)c1)N1CC[C@@H]2CN(C(=O)c3ccc4n[nH]nc4c3)C[C@H]2C1. The van der Waals surface area contributed by atoms with Crippen LogP contribution in [0.15, 0.2) is 42.5 Å². The van der Waals surface area contributed by atoms with E-state index >= 15 is 0 Å². The Hall–Kier alpha value is -2.90. The summed E-state index contributed by atoms with van der Waals surface area (Å²) in [6.45, 7) is 2.71. The molecule has 2 aromatic carbocycles. The molecule has 2 aliphatic heterocycles. The summed E-state index contributed by atoms with van der Waals surface area (Å²) in [5, 5.41) is 11.7. The quantitative estimate of drug-likeness (QED) is 0.589. The van der Waals surface area contributed by atoms with E-state index in [0.717, 1.165) is 24.0 Å². The molecule has 0 saturated carbocycles. The number of aromatic amines is 1. The zero-order valence-corrected chi connectivity index (χ0v) is 18.7. The number of carbonyl (C=O) groups excluding carboxylic acids is 2. The fourth-order valence-corrected chi connectivity index (χ4v) is 5.18. The highest BCUT2D eigenvalue weighted by Gasteiger charge is 2.39. The molecule has 164 valence electrons. The molecule has 1 N–H and O–H groups in total. The van der Waals surface area contributed by atoms with Gasteiger partial charge in [0.2, 0.25) is 5.91 Å². The molecule has 9 heteroatoms. The molecular weight excluding hydrogens is 449 g/mol. The first-order valence-electron chi connectivity index (χ1n) is 10.5. The Morgan fingerprint density at radius 2 is 1.66 bits per heavy atom. The molecule has 7 nitrogen and oxygen atoms in total. The van der Waals surface area contributed by atoms with Gasteiger partial charge in [0.15, 0.2) is 0 Å². The van der Waals surface area contributed by atoms with Gasteiger partial charge < -0.3 is 9.80 Å². The maximum absolute atomic E-state index is 13.0. The van der Waals surface area contributed by atoms with E-state index in [1.165, 1.54) is 0 Å². The number of hydrogen-bond acceptors (Lipinski definition) is 4. The first-order chi connectivity index (χ1) is 15.5. The second kappa shape index (κ2) is 8.56. The summed E-state index contributed by atoms with van der Waals surface area (Å²) in [6.07, 6.45) is 4.18. The summed E-state index contributed by atoms with van der Waals surface area (Å²) in [5.41, 5.74) is 2.81. The number of halogens is 2. The predicted octanol–water partition coefficient (Wildman–Crippen LogP) is 3.90. The standard InChI is InChI=1S/C23H21Cl2N5O2/c24-18-7-14(8-19(25)10-18)1-4-22(31)29-6-5-16-11-30(13-17(16)12-29)23(32)15-2-3-20-21(9-15)27-28-26-20/h1-4,7-10,16-17H,5-6,11-13H2,(H,26,27,28)/t16-,17-/m1/s1. The third kappa shape index (κ3) is 4.23. The van der Waals surface area contributed by atoms with Crippen LogP contribution in [0.1, 0.15) is 22.3 Å². The van der Waals surface area contributed by atoms with Gasteiger partial charge in [-0.25, -0.2) is 0 Å². The van der Waals surface area contributed by atoms with Crippen molar-refractivity contribution in [2.24, 2.45) is 11.8 Å². The van der Waals surface area contributed by atoms with Crippen LogP contribution in [-0.2, 0) is 4.79 Å². The molecule has 2 saturated heterocycles. The smallest absolute Gasteiger partial charge is 0.253 e. The number of aromatic nitrogens is 3. The summed E-state index contributed by atoms with van der Waals surface area (Å²) in [7, 11) is 0. The molecule has 0 radical (unpaired) electrons. The normalized spacial score (nSPS) is 20.8. The van der Waals surface area contributed by atoms with E-state index in [9.17, 15) is 9.59 Å². The van der Waals surface area contributed by atoms with Crippen molar-refractivity contribution in [1.29, 1.82) is 0 Å². The minimum atomic E-state index is -0.0409. The van der Waals surface area contributed by atoms with Crippen LogP contribution in [0.3, 0.4) is 0 Å². The van der Waals surface area contributed by atoms with E-state index in [4.69, 9.17) is 23.2 Å². The van der Waals surface area contributed by atoms with E-state index < -0.39 is 0 Å². The summed E-state index contributed by atoms with van der Waals surface area (Å²) in [6, 6.07) is 10.5. The Bertz CT molecular complexity index is 1200. The Balaban J connectivity index is 1.23. The van der Waals surface area contributed by atoms with Gasteiger partial charge in [-0.05, 0) is 66.3 Å². The molecule has 3 aromatic rings. The van der Waals surface area contributed by atoms with Gasteiger partial charge in [-0.2, -0.15) is 15.4 Å². The topological polar surface area (TPSA) is 82.2 Å². The third-order valence-corrected chi connectivity index (χ3v) is 6.70. The lowest BCUT2D eigenvalue weighted by Crippen LogP contribution is -2.42. The van der Waals surface area contributed by atoms with Crippen LogP contribution in [0.25, 0.3) is 17.1 Å². The largest absolute Gasteiger partial charge is 0.339 e. The molecule has 2 amide bonds. The van der Waals surface area contributed by atoms with Crippen molar-refractivity contribution in [3.63, 3.8) is 0 Å². The molecule has 0 unspecified atom stereocenters. The van der Waals surface area contributed by atoms with Crippen LogP contribution in [0.4, 0.5) is 0 Å². The van der Waals surface area contributed by atoms with Crippen molar-refractivity contribution < 1.29 is 9.59 Å². The molecule has 1 aromatic heterocycles. The van der Waals surface area contributed by atoms with E-state index in [0.29, 0.717) is 46.7 Å². The number of fused-ring (bicyclic) bond motifs is 2. The minimum Gasteiger partial charge on any atom is -0.339 e. The number of rotatable bonds is 3. The van der Waals surface area contributed by atoms with Gasteiger partial charge in [0.25, 0.3) is 5.91 Å². The second-order valence-corrected chi connectivity index (χ2v) is 9.24. The average molecular weight is 470 g/mol. The summed E-state index contributed by atoms with van der Waals surface area (Å²) in [5.74, 6) is 0.650. The number of nitrogens with zero attached hydrogens (tertiary/aromatic N) is 4. The lowest BCUT2D eigenvalue weighted by Gasteiger charge is -2.33. The molecule has 0 spiro atoms. The molecule has 2 fully saturated rings. The number of H-pyrrole nitrogens is 1. The van der Waals surface area contributed by atoms with Gasteiger partial charge in [-0.15, -0.1) is 0 Å². The van der Waals surface area contributed by atoms with Crippen LogP contribution in [0.5, 0.6) is 0 Å². The third-order valence-electron chi connectivity index (χ3n) is 6.27. The van der Waals surface area contributed by atoms with E-state index in [1.54, 1.807) is 48.6 Å². The molecule has 3 heterocycles. The van der Waals surface area contributed by atoms with Crippen LogP contribution in [-0.4, -0.2) is 63.2 Å². The van der Waals surface area contributed by atoms with Crippen molar-refractivity contribution >= 4 is 52.1 Å². The number of benzene rings is 2. The predicted molar refractivity (Wildman–Crippen MR) is 123 cm³/mol. The molecule has 2 atom stereocenters. The number of hydrogen-bond donors (Lipinski definition) is 1. The average Bonchev–Trinajstić information content (AvgIpc) is 3.42. The molecule has 32 heavy (non-hydrogen) atoms. The fourth-order valence-electron chi connectivity index (χ4n) is 4.63. The van der Waals surface area contributed by atoms with Crippen LogP contribution >= 0.6 is 23.2 Å². The van der Waals surface area contributed by atoms with Crippen molar-refractivity contribution in [2.75, 3.05) is 26.2 Å². The zero-order valence-electron chi connectivity index (χ0n) is 17.2. The number of carbonyl (C=O) groups is 2. The van der Waals surface area contributed by atoms with E-state index in [2.05, 4.69) is 15.4 Å². The number of piperidine rings is 1. The van der Waals surface area contributed by atoms with Crippen LogP contribution in [0, 0.1) is 11.8 Å². The highest BCUT2D eigenvalue weighted by Crippen LogP contribution is 2.32. The van der Waals surface area contributed by atoms with Crippen LogP contribution < -0.4 is 0 Å². The highest BCUT2D eigenvalue weighted by molar-refractivity contribution is 6.34. The molecule has 5 rings (SSSR count). The van der Waals surface area contributed by atoms with Gasteiger partial charge in [0.05, 0.1) is 0 Å². The zero-order chi connectivity index (χ0) is 22.2. The number of amides is 2. The highest BCUT2D eigenvalue weighted by atomic mass is 35.5. The van der Waals surface area contributed by atoms with Crippen molar-refractivity contribution in [2.45, 2.75) is 6.42 Å². The van der Waals surface area contributed by atoms with Gasteiger partial charge in [0.1, 0.15) is 11.0 Å². The first kappa shape index (κ1) is 21.0. The Morgan fingerprint density at radius 3 is 2.47 bits per heavy atom. The summed E-state index contributed by atoms with van der Waals surface area (Å²) < 4.78 is 0. The maximum atomic E-state index is 13.0. The number of likely N-dealkylation sites (tertiary alicyclic amines) is 2. The maximum Gasteiger partial charge on any atom is 0.253 e. The fraction of sp³-hybridized carbons (Fsp3) is 0.304. The van der Waals surface area contributed by atoms with Crippen molar-refractivity contribution in [1.82, 2.24) is 25.2 Å². The monoisotopic (exact) mass is 469 g/mol. The summed E-state index contributed by atoms with van der Waals surface area (Å²) in [4.78, 5) is 29.5. The van der Waals surface area contributed by atoms with Gasteiger partial charge in [0, 0.05) is 47.9 Å². The lowest BCUT2D eigenvalue weighted by molar-refractivity contribution is -0.128. The van der Waals surface area contributed by atoms with Gasteiger partial charge in [-0.3, -0.25) is 9.59 Å². The van der Waals surface area contributed by atoms with E-state index in [-0.39, 0.29) is 17.7 Å². The Labute approximate surface area is 195 Å². The molecule has 0 aliphatic carbocycles. The van der Waals surface area contributed by atoms with Crippen molar-refractivity contribution in [3.8, 4) is 0 Å². The first-order valence-corrected chi connectivity index (χ1v) is 11.2. The van der Waals surface area contributed by atoms with Crippen molar-refractivity contribution in [3.05, 3.63) is 63.6 Å². The molecular formula is C23H21Cl2N5O2. The van der Waals surface area contributed by atoms with Crippen LogP contribution in [0.2, 0.25) is 10.0 Å². The van der Waals surface area contributed by atoms with E-state index in [1.807, 2.05) is 9.80 Å². The van der Waals surface area contributed by atoms with Gasteiger partial charge >= 0.3 is 0 Å². The molecule has 0 bridgehead atoms.